The van der Waals surface area contributed by atoms with E-state index in [9.17, 15) is 4.79 Å². The van der Waals surface area contributed by atoms with E-state index in [1.165, 1.54) is 7.11 Å². The van der Waals surface area contributed by atoms with Crippen molar-refractivity contribution in [2.45, 2.75) is 10.3 Å². The lowest BCUT2D eigenvalue weighted by molar-refractivity contribution is -0.142. The van der Waals surface area contributed by atoms with Gasteiger partial charge in [0.1, 0.15) is 10.3 Å². The highest BCUT2D eigenvalue weighted by molar-refractivity contribution is 6.53. The zero-order valence-corrected chi connectivity index (χ0v) is 9.63. The van der Waals surface area contributed by atoms with Gasteiger partial charge in [-0.2, -0.15) is 0 Å². The smallest absolute Gasteiger partial charge is 0.312 e. The quantitative estimate of drug-likeness (QED) is 0.591. The van der Waals surface area contributed by atoms with Crippen LogP contribution < -0.4 is 0 Å². The minimum atomic E-state index is -1.02. The number of esters is 1. The van der Waals surface area contributed by atoms with Crippen LogP contribution in [0.2, 0.25) is 0 Å². The molecule has 1 aliphatic carbocycles. The van der Waals surface area contributed by atoms with Crippen LogP contribution in [0.5, 0.6) is 0 Å². The maximum Gasteiger partial charge on any atom is 0.312 e. The monoisotopic (exact) mass is 244 g/mol. The standard InChI is InChI=1S/C11H10Cl2O2/c1-15-10(14)9-8(11(9,12)13)7-5-3-2-4-6-7/h2-6,8-9H,1H3/t8-,9-/m0/s1. The molecule has 80 valence electrons. The van der Waals surface area contributed by atoms with Gasteiger partial charge in [0.05, 0.1) is 7.11 Å². The molecule has 1 aromatic carbocycles. The van der Waals surface area contributed by atoms with Crippen LogP contribution in [0.15, 0.2) is 30.3 Å². The summed E-state index contributed by atoms with van der Waals surface area (Å²) in [6, 6.07) is 9.51. The molecule has 0 unspecified atom stereocenters. The van der Waals surface area contributed by atoms with Crippen LogP contribution in [-0.4, -0.2) is 17.4 Å². The molecule has 15 heavy (non-hydrogen) atoms. The van der Waals surface area contributed by atoms with Crippen LogP contribution in [-0.2, 0) is 9.53 Å². The van der Waals surface area contributed by atoms with E-state index in [0.717, 1.165) is 5.56 Å². The van der Waals surface area contributed by atoms with Crippen molar-refractivity contribution in [3.63, 3.8) is 0 Å². The van der Waals surface area contributed by atoms with Crippen LogP contribution in [0.3, 0.4) is 0 Å². The minimum absolute atomic E-state index is 0.158. The Morgan fingerprint density at radius 3 is 2.47 bits per heavy atom. The first-order chi connectivity index (χ1) is 7.09. The number of halogens is 2. The van der Waals surface area contributed by atoms with E-state index < -0.39 is 10.3 Å². The van der Waals surface area contributed by atoms with Crippen LogP contribution in [0.25, 0.3) is 0 Å². The number of ether oxygens (including phenoxy) is 1. The molecule has 0 bridgehead atoms. The van der Waals surface area contributed by atoms with Crippen LogP contribution in [0.1, 0.15) is 11.5 Å². The van der Waals surface area contributed by atoms with E-state index in [0.29, 0.717) is 0 Å². The largest absolute Gasteiger partial charge is 0.469 e. The minimum Gasteiger partial charge on any atom is -0.469 e. The number of carbonyl (C=O) groups is 1. The van der Waals surface area contributed by atoms with Crippen molar-refractivity contribution in [1.29, 1.82) is 0 Å². The zero-order chi connectivity index (χ0) is 11.1. The van der Waals surface area contributed by atoms with Gasteiger partial charge in [-0.15, -0.1) is 0 Å². The Hall–Kier alpha value is -0.730. The molecule has 2 nitrogen and oxygen atoms in total. The Balaban J connectivity index is 2.23. The highest BCUT2D eigenvalue weighted by atomic mass is 35.5. The summed E-state index contributed by atoms with van der Waals surface area (Å²) in [5, 5.41) is 0. The fourth-order valence-electron chi connectivity index (χ4n) is 1.82. The van der Waals surface area contributed by atoms with Crippen molar-refractivity contribution >= 4 is 29.2 Å². The van der Waals surface area contributed by atoms with Gasteiger partial charge in [0.25, 0.3) is 0 Å². The van der Waals surface area contributed by atoms with E-state index in [1.807, 2.05) is 30.3 Å². The van der Waals surface area contributed by atoms with Crippen molar-refractivity contribution < 1.29 is 9.53 Å². The lowest BCUT2D eigenvalue weighted by atomic mass is 10.1. The molecule has 0 heterocycles. The van der Waals surface area contributed by atoms with Crippen molar-refractivity contribution in [2.24, 2.45) is 5.92 Å². The van der Waals surface area contributed by atoms with Gasteiger partial charge in [0.15, 0.2) is 0 Å². The van der Waals surface area contributed by atoms with Gasteiger partial charge in [-0.25, -0.2) is 0 Å². The first kappa shape index (κ1) is 10.8. The SMILES string of the molecule is COC(=O)[C@@H]1[C@H](c2ccccc2)C1(Cl)Cl. The molecule has 1 fully saturated rings. The Bertz CT molecular complexity index is 375. The molecule has 1 saturated carbocycles. The van der Waals surface area contributed by atoms with Gasteiger partial charge in [-0.05, 0) is 5.56 Å². The highest BCUT2D eigenvalue weighted by Crippen LogP contribution is 2.65. The van der Waals surface area contributed by atoms with E-state index in [2.05, 4.69) is 4.74 Å². The summed E-state index contributed by atoms with van der Waals surface area (Å²) < 4.78 is 3.63. The molecule has 4 heteroatoms. The summed E-state index contributed by atoms with van der Waals surface area (Å²) in [5.41, 5.74) is 0.970. The first-order valence-electron chi connectivity index (χ1n) is 4.59. The van der Waals surface area contributed by atoms with Gasteiger partial charge in [-0.3, -0.25) is 4.79 Å². The van der Waals surface area contributed by atoms with Crippen LogP contribution >= 0.6 is 23.2 Å². The van der Waals surface area contributed by atoms with Gasteiger partial charge in [-0.1, -0.05) is 53.5 Å². The maximum absolute atomic E-state index is 11.4. The average Bonchev–Trinajstić information content (AvgIpc) is 2.82. The van der Waals surface area contributed by atoms with Gasteiger partial charge in [0.2, 0.25) is 0 Å². The first-order valence-corrected chi connectivity index (χ1v) is 5.35. The Labute approximate surface area is 98.1 Å². The molecular weight excluding hydrogens is 235 g/mol. The molecule has 1 aromatic rings. The highest BCUT2D eigenvalue weighted by Gasteiger charge is 2.68. The summed E-state index contributed by atoms with van der Waals surface area (Å²) in [5.74, 6) is -0.962. The van der Waals surface area contributed by atoms with Crippen molar-refractivity contribution in [3.8, 4) is 0 Å². The lowest BCUT2D eigenvalue weighted by Crippen LogP contribution is -2.07. The van der Waals surface area contributed by atoms with Crippen LogP contribution in [0.4, 0.5) is 0 Å². The van der Waals surface area contributed by atoms with Crippen molar-refractivity contribution in [1.82, 2.24) is 0 Å². The van der Waals surface area contributed by atoms with Crippen molar-refractivity contribution in [3.05, 3.63) is 35.9 Å². The second-order valence-electron chi connectivity index (χ2n) is 3.56. The molecule has 0 spiro atoms. The number of rotatable bonds is 2. The van der Waals surface area contributed by atoms with E-state index >= 15 is 0 Å². The summed E-state index contributed by atoms with van der Waals surface area (Å²) >= 11 is 12.1. The summed E-state index contributed by atoms with van der Waals surface area (Å²) in [6.07, 6.45) is 0. The number of benzene rings is 1. The molecule has 0 amide bonds. The second-order valence-corrected chi connectivity index (χ2v) is 5.01. The van der Waals surface area contributed by atoms with Gasteiger partial charge in [0, 0.05) is 5.92 Å². The van der Waals surface area contributed by atoms with E-state index in [-0.39, 0.29) is 11.9 Å². The molecule has 0 radical (unpaired) electrons. The molecule has 0 N–H and O–H groups in total. The van der Waals surface area contributed by atoms with Crippen LogP contribution in [0, 0.1) is 5.92 Å². The summed E-state index contributed by atoms with van der Waals surface area (Å²) in [6.45, 7) is 0. The second kappa shape index (κ2) is 3.69. The molecule has 2 rings (SSSR count). The lowest BCUT2D eigenvalue weighted by Gasteiger charge is -1.97. The Morgan fingerprint density at radius 2 is 1.93 bits per heavy atom. The molecule has 1 aliphatic rings. The third-order valence-electron chi connectivity index (χ3n) is 2.67. The molecule has 0 aliphatic heterocycles. The van der Waals surface area contributed by atoms with Crippen molar-refractivity contribution in [2.75, 3.05) is 7.11 Å². The number of hydrogen-bond donors (Lipinski definition) is 0. The van der Waals surface area contributed by atoms with Gasteiger partial charge >= 0.3 is 5.97 Å². The molecule has 0 saturated heterocycles. The summed E-state index contributed by atoms with van der Waals surface area (Å²) in [4.78, 5) is 11.4. The predicted octanol–water partition coefficient (Wildman–Crippen LogP) is 2.75. The normalized spacial score (nSPS) is 27.1. The number of hydrogen-bond acceptors (Lipinski definition) is 2. The fourth-order valence-corrected chi connectivity index (χ4v) is 2.63. The number of alkyl halides is 2. The predicted molar refractivity (Wildman–Crippen MR) is 59.1 cm³/mol. The Morgan fingerprint density at radius 1 is 1.33 bits per heavy atom. The molecule has 2 atom stereocenters. The fraction of sp³-hybridized carbons (Fsp3) is 0.364. The van der Waals surface area contributed by atoms with Gasteiger partial charge < -0.3 is 4.74 Å². The average molecular weight is 245 g/mol. The Kier molecular flexibility index (Phi) is 2.65. The number of carbonyl (C=O) groups excluding carboxylic acids is 1. The van der Waals surface area contributed by atoms with E-state index in [1.54, 1.807) is 0 Å². The number of methoxy groups -OCH3 is 1. The van der Waals surface area contributed by atoms with E-state index in [4.69, 9.17) is 23.2 Å². The zero-order valence-electron chi connectivity index (χ0n) is 8.11. The summed E-state index contributed by atoms with van der Waals surface area (Å²) in [7, 11) is 1.34. The topological polar surface area (TPSA) is 26.3 Å². The maximum atomic E-state index is 11.4. The third-order valence-corrected chi connectivity index (χ3v) is 3.61. The third kappa shape index (κ3) is 1.72. The molecular formula is C11H10Cl2O2. The molecule has 0 aromatic heterocycles.